The molecule has 0 saturated heterocycles. The molecule has 106 valence electrons. The van der Waals surface area contributed by atoms with E-state index >= 15 is 0 Å². The minimum absolute atomic E-state index is 0.203. The Morgan fingerprint density at radius 3 is 2.17 bits per heavy atom. The Balaban J connectivity index is 4.49. The third kappa shape index (κ3) is 6.59. The van der Waals surface area contributed by atoms with E-state index in [0.29, 0.717) is 12.3 Å². The molecule has 0 fully saturated rings. The Kier molecular flexibility index (Phi) is 6.91. The maximum atomic E-state index is 11.8. The van der Waals surface area contributed by atoms with Gasteiger partial charge in [0, 0.05) is 7.11 Å². The molecule has 0 bridgehead atoms. The van der Waals surface area contributed by atoms with Gasteiger partial charge in [0.2, 0.25) is 5.91 Å². The number of amides is 1. The third-order valence-electron chi connectivity index (χ3n) is 2.67. The molecule has 0 heterocycles. The van der Waals surface area contributed by atoms with Gasteiger partial charge in [-0.05, 0) is 26.2 Å². The van der Waals surface area contributed by atoms with Crippen LogP contribution in [0, 0.1) is 5.92 Å². The highest BCUT2D eigenvalue weighted by Crippen LogP contribution is 2.13. The molecular formula is C13H25NO4. The van der Waals surface area contributed by atoms with Crippen molar-refractivity contribution in [2.75, 3.05) is 14.2 Å². The van der Waals surface area contributed by atoms with Crippen LogP contribution in [-0.2, 0) is 19.1 Å². The third-order valence-corrected chi connectivity index (χ3v) is 2.67. The lowest BCUT2D eigenvalue weighted by molar-refractivity contribution is -0.146. The van der Waals surface area contributed by atoms with E-state index in [1.54, 1.807) is 7.11 Å². The average Bonchev–Trinajstić information content (AvgIpc) is 2.25. The van der Waals surface area contributed by atoms with Crippen molar-refractivity contribution in [3.05, 3.63) is 0 Å². The second kappa shape index (κ2) is 7.36. The number of esters is 1. The summed E-state index contributed by atoms with van der Waals surface area (Å²) in [5.41, 5.74) is -0.539. The smallest absolute Gasteiger partial charge is 0.328 e. The molecule has 0 aromatic rings. The first-order chi connectivity index (χ1) is 8.21. The summed E-state index contributed by atoms with van der Waals surface area (Å²) in [6.07, 6.45) is 0.765. The zero-order valence-corrected chi connectivity index (χ0v) is 12.2. The van der Waals surface area contributed by atoms with Gasteiger partial charge < -0.3 is 14.8 Å². The normalized spacial score (nSPS) is 13.3. The molecule has 1 amide bonds. The predicted molar refractivity (Wildman–Crippen MR) is 69.1 cm³/mol. The van der Waals surface area contributed by atoms with Gasteiger partial charge in [-0.25, -0.2) is 4.79 Å². The van der Waals surface area contributed by atoms with E-state index < -0.39 is 17.6 Å². The van der Waals surface area contributed by atoms with E-state index in [-0.39, 0.29) is 12.3 Å². The van der Waals surface area contributed by atoms with E-state index in [2.05, 4.69) is 10.1 Å². The predicted octanol–water partition coefficient (Wildman–Crippen LogP) is 1.51. The van der Waals surface area contributed by atoms with Crippen LogP contribution in [-0.4, -0.2) is 37.7 Å². The maximum absolute atomic E-state index is 11.8. The van der Waals surface area contributed by atoms with Gasteiger partial charge in [-0.15, -0.1) is 0 Å². The van der Waals surface area contributed by atoms with E-state index in [1.807, 2.05) is 27.7 Å². The zero-order valence-electron chi connectivity index (χ0n) is 12.2. The fraction of sp³-hybridized carbons (Fsp3) is 0.846. The minimum atomic E-state index is -0.588. The van der Waals surface area contributed by atoms with Crippen molar-refractivity contribution in [1.82, 2.24) is 5.32 Å². The lowest BCUT2D eigenvalue weighted by atomic mass is 10.0. The van der Waals surface area contributed by atoms with Crippen molar-refractivity contribution in [3.8, 4) is 0 Å². The van der Waals surface area contributed by atoms with Gasteiger partial charge in [-0.3, -0.25) is 4.79 Å². The molecule has 0 spiro atoms. The van der Waals surface area contributed by atoms with Gasteiger partial charge >= 0.3 is 5.97 Å². The van der Waals surface area contributed by atoms with Crippen molar-refractivity contribution in [2.24, 2.45) is 5.92 Å². The number of hydrogen-bond donors (Lipinski definition) is 1. The zero-order chi connectivity index (χ0) is 14.3. The number of nitrogens with one attached hydrogen (secondary N) is 1. The summed E-state index contributed by atoms with van der Waals surface area (Å²) in [6, 6.07) is -0.588. The maximum Gasteiger partial charge on any atom is 0.328 e. The topological polar surface area (TPSA) is 64.6 Å². The van der Waals surface area contributed by atoms with Crippen LogP contribution in [0.5, 0.6) is 0 Å². The quantitative estimate of drug-likeness (QED) is 0.704. The Labute approximate surface area is 109 Å². The van der Waals surface area contributed by atoms with E-state index in [9.17, 15) is 9.59 Å². The minimum Gasteiger partial charge on any atom is -0.467 e. The molecule has 0 aromatic carbocycles. The van der Waals surface area contributed by atoms with Crippen LogP contribution < -0.4 is 5.32 Å². The molecule has 5 heteroatoms. The van der Waals surface area contributed by atoms with Crippen LogP contribution in [0.15, 0.2) is 0 Å². The Morgan fingerprint density at radius 2 is 1.78 bits per heavy atom. The molecule has 5 nitrogen and oxygen atoms in total. The molecule has 1 unspecified atom stereocenters. The van der Waals surface area contributed by atoms with Crippen molar-refractivity contribution in [1.29, 1.82) is 0 Å². The van der Waals surface area contributed by atoms with Gasteiger partial charge in [-0.1, -0.05) is 13.8 Å². The number of hydrogen-bond acceptors (Lipinski definition) is 4. The molecule has 0 aliphatic carbocycles. The summed E-state index contributed by atoms with van der Waals surface area (Å²) in [6.45, 7) is 7.62. The van der Waals surface area contributed by atoms with Crippen LogP contribution in [0.25, 0.3) is 0 Å². The summed E-state index contributed by atoms with van der Waals surface area (Å²) in [5.74, 6) is -0.324. The lowest BCUT2D eigenvalue weighted by Gasteiger charge is -2.24. The highest BCUT2D eigenvalue weighted by molar-refractivity contribution is 5.84. The fourth-order valence-electron chi connectivity index (χ4n) is 1.53. The summed E-state index contributed by atoms with van der Waals surface area (Å²) in [7, 11) is 2.88. The van der Waals surface area contributed by atoms with Gasteiger partial charge in [0.05, 0.1) is 19.1 Å². The second-order valence-electron chi connectivity index (χ2n) is 5.41. The number of ether oxygens (including phenoxy) is 2. The Hall–Kier alpha value is -1.10. The molecule has 18 heavy (non-hydrogen) atoms. The highest BCUT2D eigenvalue weighted by atomic mass is 16.5. The second-order valence-corrected chi connectivity index (χ2v) is 5.41. The van der Waals surface area contributed by atoms with Crippen LogP contribution in [0.3, 0.4) is 0 Å². The highest BCUT2D eigenvalue weighted by Gasteiger charge is 2.26. The summed E-state index contributed by atoms with van der Waals surface area (Å²) in [5, 5.41) is 2.70. The number of carbonyl (C=O) groups is 2. The summed E-state index contributed by atoms with van der Waals surface area (Å²) in [4.78, 5) is 23.4. The first-order valence-corrected chi connectivity index (χ1v) is 6.14. The molecular weight excluding hydrogens is 234 g/mol. The number of methoxy groups -OCH3 is 2. The molecule has 1 N–H and O–H groups in total. The van der Waals surface area contributed by atoms with Gasteiger partial charge in [0.15, 0.2) is 0 Å². The summed E-state index contributed by atoms with van der Waals surface area (Å²) >= 11 is 0. The number of rotatable bonds is 7. The van der Waals surface area contributed by atoms with E-state index in [1.165, 1.54) is 7.11 Å². The molecule has 1 atom stereocenters. The van der Waals surface area contributed by atoms with Crippen LogP contribution in [0.2, 0.25) is 0 Å². The molecule has 0 saturated carbocycles. The fourth-order valence-corrected chi connectivity index (χ4v) is 1.53. The standard InChI is InChI=1S/C13H25NO4/c1-9(2)7-10(12(16)17-5)14-11(15)8-13(3,4)18-6/h9-10H,7-8H2,1-6H3,(H,14,15). The molecule has 0 aliphatic rings. The molecule has 0 rings (SSSR count). The largest absolute Gasteiger partial charge is 0.467 e. The van der Waals surface area contributed by atoms with Crippen molar-refractivity contribution in [2.45, 2.75) is 52.2 Å². The SMILES string of the molecule is COC(=O)C(CC(C)C)NC(=O)CC(C)(C)OC. The van der Waals surface area contributed by atoms with Crippen LogP contribution >= 0.6 is 0 Å². The summed E-state index contributed by atoms with van der Waals surface area (Å²) < 4.78 is 9.87. The van der Waals surface area contributed by atoms with Crippen molar-refractivity contribution >= 4 is 11.9 Å². The van der Waals surface area contributed by atoms with Crippen LogP contribution in [0.4, 0.5) is 0 Å². The van der Waals surface area contributed by atoms with E-state index in [0.717, 1.165) is 0 Å². The van der Waals surface area contributed by atoms with Crippen molar-refractivity contribution < 1.29 is 19.1 Å². The number of carbonyl (C=O) groups excluding carboxylic acids is 2. The molecule has 0 aliphatic heterocycles. The van der Waals surface area contributed by atoms with Crippen LogP contribution in [0.1, 0.15) is 40.5 Å². The average molecular weight is 259 g/mol. The van der Waals surface area contributed by atoms with E-state index in [4.69, 9.17) is 4.74 Å². The Bertz CT molecular complexity index is 287. The van der Waals surface area contributed by atoms with Gasteiger partial charge in [0.1, 0.15) is 6.04 Å². The first-order valence-electron chi connectivity index (χ1n) is 6.14. The molecule has 0 radical (unpaired) electrons. The Morgan fingerprint density at radius 1 is 1.22 bits per heavy atom. The monoisotopic (exact) mass is 259 g/mol. The van der Waals surface area contributed by atoms with Gasteiger partial charge in [0.25, 0.3) is 0 Å². The first kappa shape index (κ1) is 16.9. The lowest BCUT2D eigenvalue weighted by Crippen LogP contribution is -2.44. The molecule has 0 aromatic heterocycles. The van der Waals surface area contributed by atoms with Gasteiger partial charge in [-0.2, -0.15) is 0 Å². The van der Waals surface area contributed by atoms with Crippen molar-refractivity contribution in [3.63, 3.8) is 0 Å².